The number of hydrogen-bond acceptors (Lipinski definition) is 4. The quantitative estimate of drug-likeness (QED) is 0.866. The van der Waals surface area contributed by atoms with Gasteiger partial charge in [-0.3, -0.25) is 4.79 Å². The largest absolute Gasteiger partial charge is 0.336 e. The van der Waals surface area contributed by atoms with Crippen molar-refractivity contribution in [1.82, 2.24) is 14.5 Å². The van der Waals surface area contributed by atoms with E-state index in [0.29, 0.717) is 6.54 Å². The molecule has 1 aromatic carbocycles. The van der Waals surface area contributed by atoms with Crippen molar-refractivity contribution >= 4 is 28.3 Å². The minimum atomic E-state index is -3.63. The summed E-state index contributed by atoms with van der Waals surface area (Å²) in [7, 11) is -2.19. The van der Waals surface area contributed by atoms with Crippen LogP contribution in [0.2, 0.25) is 0 Å². The number of amides is 1. The third kappa shape index (κ3) is 4.44. The van der Waals surface area contributed by atoms with Crippen molar-refractivity contribution in [2.45, 2.75) is 30.8 Å². The van der Waals surface area contributed by atoms with Crippen molar-refractivity contribution in [1.29, 1.82) is 0 Å². The van der Waals surface area contributed by atoms with Crippen LogP contribution in [0.25, 0.3) is 0 Å². The summed E-state index contributed by atoms with van der Waals surface area (Å²) < 4.78 is 26.0. The van der Waals surface area contributed by atoms with Crippen LogP contribution in [0.5, 0.6) is 0 Å². The molecule has 1 saturated heterocycles. The van der Waals surface area contributed by atoms with Crippen molar-refractivity contribution in [3.8, 4) is 0 Å². The highest BCUT2D eigenvalue weighted by atomic mass is 35.5. The Morgan fingerprint density at radius 3 is 2.52 bits per heavy atom. The molecule has 0 spiro atoms. The fourth-order valence-electron chi connectivity index (χ4n) is 2.55. The van der Waals surface area contributed by atoms with Gasteiger partial charge in [-0.15, -0.1) is 12.4 Å². The molecule has 1 heterocycles. The predicted octanol–water partition coefficient (Wildman–Crippen LogP) is 0.938. The van der Waals surface area contributed by atoms with Crippen LogP contribution in [0.3, 0.4) is 0 Å². The van der Waals surface area contributed by atoms with Crippen LogP contribution in [0, 0.1) is 0 Å². The van der Waals surface area contributed by atoms with Crippen molar-refractivity contribution in [3.63, 3.8) is 0 Å². The molecule has 1 aliphatic heterocycles. The summed E-state index contributed by atoms with van der Waals surface area (Å²) in [6, 6.07) is 8.42. The highest BCUT2D eigenvalue weighted by Crippen LogP contribution is 2.15. The van der Waals surface area contributed by atoms with Gasteiger partial charge in [0.15, 0.2) is 0 Å². The van der Waals surface area contributed by atoms with E-state index in [9.17, 15) is 13.2 Å². The summed E-state index contributed by atoms with van der Waals surface area (Å²) in [6.45, 7) is 5.18. The van der Waals surface area contributed by atoms with Gasteiger partial charge in [-0.1, -0.05) is 18.2 Å². The van der Waals surface area contributed by atoms with Gasteiger partial charge >= 0.3 is 0 Å². The first-order valence-electron chi connectivity index (χ1n) is 7.38. The van der Waals surface area contributed by atoms with Gasteiger partial charge in [0.2, 0.25) is 15.9 Å². The molecular weight excluding hydrogens is 338 g/mol. The molecule has 2 rings (SSSR count). The molecule has 0 aromatic heterocycles. The molecule has 0 saturated carbocycles. The number of carbonyl (C=O) groups excluding carboxylic acids is 1. The molecule has 1 fully saturated rings. The Morgan fingerprint density at radius 2 is 1.91 bits per heavy atom. The number of benzene rings is 1. The smallest absolute Gasteiger partial charge is 0.243 e. The van der Waals surface area contributed by atoms with Crippen molar-refractivity contribution in [2.75, 3.05) is 26.7 Å². The normalized spacial score (nSPS) is 21.8. The van der Waals surface area contributed by atoms with E-state index >= 15 is 0 Å². The lowest BCUT2D eigenvalue weighted by Crippen LogP contribution is -2.58. The molecule has 6 nitrogen and oxygen atoms in total. The van der Waals surface area contributed by atoms with Gasteiger partial charge in [-0.2, -0.15) is 4.31 Å². The zero-order valence-corrected chi connectivity index (χ0v) is 15.2. The number of sulfonamides is 1. The maximum Gasteiger partial charge on any atom is 0.243 e. The minimum absolute atomic E-state index is 0. The van der Waals surface area contributed by atoms with Crippen LogP contribution in [-0.4, -0.2) is 62.3 Å². The zero-order valence-electron chi connectivity index (χ0n) is 13.6. The number of piperazine rings is 1. The van der Waals surface area contributed by atoms with Gasteiger partial charge in [-0.25, -0.2) is 8.42 Å². The van der Waals surface area contributed by atoms with Crippen molar-refractivity contribution in [3.05, 3.63) is 30.3 Å². The van der Waals surface area contributed by atoms with Crippen LogP contribution in [0.15, 0.2) is 35.2 Å². The average Bonchev–Trinajstić information content (AvgIpc) is 2.50. The van der Waals surface area contributed by atoms with Gasteiger partial charge in [0.25, 0.3) is 0 Å². The molecule has 8 heteroatoms. The van der Waals surface area contributed by atoms with E-state index in [1.165, 1.54) is 19.2 Å². The monoisotopic (exact) mass is 361 g/mol. The predicted molar refractivity (Wildman–Crippen MR) is 92.1 cm³/mol. The lowest BCUT2D eigenvalue weighted by Gasteiger charge is -2.39. The third-order valence-electron chi connectivity index (χ3n) is 4.16. The summed E-state index contributed by atoms with van der Waals surface area (Å²) in [5.74, 6) is -0.164. The van der Waals surface area contributed by atoms with E-state index in [0.717, 1.165) is 10.8 Å². The Morgan fingerprint density at radius 1 is 1.30 bits per heavy atom. The number of halogens is 1. The molecule has 1 amide bonds. The Bertz CT molecular complexity index is 624. The summed E-state index contributed by atoms with van der Waals surface area (Å²) in [4.78, 5) is 14.4. The van der Waals surface area contributed by atoms with Gasteiger partial charge < -0.3 is 10.2 Å². The topological polar surface area (TPSA) is 69.7 Å². The van der Waals surface area contributed by atoms with E-state index in [2.05, 4.69) is 5.32 Å². The minimum Gasteiger partial charge on any atom is -0.336 e. The molecule has 0 bridgehead atoms. The van der Waals surface area contributed by atoms with Gasteiger partial charge in [-0.05, 0) is 26.0 Å². The molecule has 23 heavy (non-hydrogen) atoms. The first-order chi connectivity index (χ1) is 10.3. The average molecular weight is 362 g/mol. The molecule has 1 aliphatic rings. The SMILES string of the molecule is CC1NCCN(C(=O)CN(C)S(=O)(=O)c2ccccc2)C1C.Cl. The van der Waals surface area contributed by atoms with Crippen LogP contribution < -0.4 is 5.32 Å². The molecule has 2 unspecified atom stereocenters. The van der Waals surface area contributed by atoms with Gasteiger partial charge in [0, 0.05) is 32.2 Å². The van der Waals surface area contributed by atoms with Crippen LogP contribution in [-0.2, 0) is 14.8 Å². The first kappa shape index (κ1) is 19.9. The van der Waals surface area contributed by atoms with E-state index in [1.54, 1.807) is 23.1 Å². The Hall–Kier alpha value is -1.15. The second kappa shape index (κ2) is 8.10. The van der Waals surface area contributed by atoms with Crippen LogP contribution >= 0.6 is 12.4 Å². The molecule has 130 valence electrons. The van der Waals surface area contributed by atoms with Gasteiger partial charge in [0.05, 0.1) is 11.4 Å². The number of nitrogens with one attached hydrogen (secondary N) is 1. The fourth-order valence-corrected chi connectivity index (χ4v) is 3.69. The maximum atomic E-state index is 12.4. The molecule has 0 aliphatic carbocycles. The molecule has 1 aromatic rings. The Balaban J connectivity index is 0.00000264. The number of rotatable bonds is 4. The van der Waals surface area contributed by atoms with Crippen LogP contribution in [0.4, 0.5) is 0 Å². The number of nitrogens with zero attached hydrogens (tertiary/aromatic N) is 2. The second-order valence-electron chi connectivity index (χ2n) is 5.64. The summed E-state index contributed by atoms with van der Waals surface area (Å²) in [5.41, 5.74) is 0. The van der Waals surface area contributed by atoms with Crippen molar-refractivity contribution in [2.24, 2.45) is 0 Å². The zero-order chi connectivity index (χ0) is 16.3. The summed E-state index contributed by atoms with van der Waals surface area (Å²) in [5, 5.41) is 3.30. The Labute approximate surface area is 144 Å². The molecule has 1 N–H and O–H groups in total. The maximum absolute atomic E-state index is 12.4. The Kier molecular flexibility index (Phi) is 7.01. The van der Waals surface area contributed by atoms with Crippen LogP contribution in [0.1, 0.15) is 13.8 Å². The third-order valence-corrected chi connectivity index (χ3v) is 5.98. The van der Waals surface area contributed by atoms with E-state index in [1.807, 2.05) is 13.8 Å². The fraction of sp³-hybridized carbons (Fsp3) is 0.533. The van der Waals surface area contributed by atoms with E-state index in [-0.39, 0.29) is 41.8 Å². The van der Waals surface area contributed by atoms with E-state index in [4.69, 9.17) is 0 Å². The number of likely N-dealkylation sites (N-methyl/N-ethyl adjacent to an activating group) is 1. The molecule has 0 radical (unpaired) electrons. The van der Waals surface area contributed by atoms with Gasteiger partial charge in [0.1, 0.15) is 0 Å². The highest BCUT2D eigenvalue weighted by molar-refractivity contribution is 7.89. The lowest BCUT2D eigenvalue weighted by molar-refractivity contribution is -0.134. The van der Waals surface area contributed by atoms with E-state index < -0.39 is 10.0 Å². The first-order valence-corrected chi connectivity index (χ1v) is 8.82. The number of hydrogen-bond donors (Lipinski definition) is 1. The number of carbonyl (C=O) groups is 1. The molecule has 2 atom stereocenters. The van der Waals surface area contributed by atoms with Crippen molar-refractivity contribution < 1.29 is 13.2 Å². The second-order valence-corrected chi connectivity index (χ2v) is 7.69. The summed E-state index contributed by atoms with van der Waals surface area (Å²) in [6.07, 6.45) is 0. The lowest BCUT2D eigenvalue weighted by atomic mass is 10.1. The standard InChI is InChI=1S/C15H23N3O3S.ClH/c1-12-13(2)18(10-9-16-12)15(19)11-17(3)22(20,21)14-7-5-4-6-8-14;/h4-8,12-13,16H,9-11H2,1-3H3;1H. The molecular formula is C15H24ClN3O3S. The summed E-state index contributed by atoms with van der Waals surface area (Å²) >= 11 is 0. The highest BCUT2D eigenvalue weighted by Gasteiger charge is 2.30.